The van der Waals surface area contributed by atoms with Crippen LogP contribution in [0.15, 0.2) is 36.4 Å². The number of hydrogen-bond donors (Lipinski definition) is 1. The van der Waals surface area contributed by atoms with Crippen LogP contribution in [-0.2, 0) is 9.59 Å². The Morgan fingerprint density at radius 3 is 2.52 bits per heavy atom. The Balaban J connectivity index is 1.78. The highest BCUT2D eigenvalue weighted by Gasteiger charge is 2.36. The Bertz CT molecular complexity index is 837. The number of benzene rings is 2. The number of carbonyl (C=O) groups is 2. The standard InChI is InChI=1S/C18H15ClF2N2O2/c1-10-12(19)4-2-7-15(10)23-9-11(8-16(23)24)18(25)22-17-13(20)5-3-6-14(17)21/h2-7,11H,8-9H2,1H3,(H,22,25). The van der Waals surface area contributed by atoms with E-state index in [-0.39, 0.29) is 18.9 Å². The number of rotatable bonds is 3. The van der Waals surface area contributed by atoms with Gasteiger partial charge >= 0.3 is 0 Å². The second-order valence-corrected chi connectivity index (χ2v) is 6.28. The molecule has 1 heterocycles. The van der Waals surface area contributed by atoms with Crippen LogP contribution in [0, 0.1) is 24.5 Å². The second-order valence-electron chi connectivity index (χ2n) is 5.88. The lowest BCUT2D eigenvalue weighted by molar-refractivity contribution is -0.122. The van der Waals surface area contributed by atoms with Gasteiger partial charge in [-0.15, -0.1) is 0 Å². The first-order valence-corrected chi connectivity index (χ1v) is 8.06. The van der Waals surface area contributed by atoms with Gasteiger partial charge in [0.1, 0.15) is 17.3 Å². The van der Waals surface area contributed by atoms with Gasteiger partial charge in [0.2, 0.25) is 11.8 Å². The number of anilines is 2. The fourth-order valence-electron chi connectivity index (χ4n) is 2.85. The summed E-state index contributed by atoms with van der Waals surface area (Å²) in [6.07, 6.45) is -0.0339. The highest BCUT2D eigenvalue weighted by Crippen LogP contribution is 2.32. The summed E-state index contributed by atoms with van der Waals surface area (Å²) in [5, 5.41) is 2.77. The smallest absolute Gasteiger partial charge is 0.229 e. The summed E-state index contributed by atoms with van der Waals surface area (Å²) in [5.41, 5.74) is 0.862. The lowest BCUT2D eigenvalue weighted by Crippen LogP contribution is -2.29. The Labute approximate surface area is 148 Å². The lowest BCUT2D eigenvalue weighted by atomic mass is 10.1. The summed E-state index contributed by atoms with van der Waals surface area (Å²) in [5.74, 6) is -3.26. The predicted molar refractivity (Wildman–Crippen MR) is 91.6 cm³/mol. The Morgan fingerprint density at radius 1 is 1.20 bits per heavy atom. The third kappa shape index (κ3) is 3.35. The first kappa shape index (κ1) is 17.4. The molecule has 1 aliphatic rings. The molecular formula is C18H15ClF2N2O2. The van der Waals surface area contributed by atoms with E-state index in [9.17, 15) is 18.4 Å². The molecule has 0 spiro atoms. The number of para-hydroxylation sites is 1. The minimum absolute atomic E-state index is 0.0339. The number of hydrogen-bond acceptors (Lipinski definition) is 2. The fraction of sp³-hybridized carbons (Fsp3) is 0.222. The Kier molecular flexibility index (Phi) is 4.72. The van der Waals surface area contributed by atoms with Crippen molar-refractivity contribution in [2.45, 2.75) is 13.3 Å². The lowest BCUT2D eigenvalue weighted by Gasteiger charge is -2.19. The van der Waals surface area contributed by atoms with Gasteiger partial charge in [-0.05, 0) is 36.8 Å². The van der Waals surface area contributed by atoms with Gasteiger partial charge in [0, 0.05) is 23.7 Å². The third-order valence-electron chi connectivity index (χ3n) is 4.24. The van der Waals surface area contributed by atoms with E-state index in [1.54, 1.807) is 25.1 Å². The van der Waals surface area contributed by atoms with E-state index in [2.05, 4.69) is 5.32 Å². The van der Waals surface area contributed by atoms with Crippen molar-refractivity contribution in [2.24, 2.45) is 5.92 Å². The first-order chi connectivity index (χ1) is 11.9. The van der Waals surface area contributed by atoms with E-state index in [0.29, 0.717) is 10.7 Å². The first-order valence-electron chi connectivity index (χ1n) is 7.69. The van der Waals surface area contributed by atoms with Crippen LogP contribution in [0.1, 0.15) is 12.0 Å². The summed E-state index contributed by atoms with van der Waals surface area (Å²) in [7, 11) is 0. The monoisotopic (exact) mass is 364 g/mol. The summed E-state index contributed by atoms with van der Waals surface area (Å²) in [6, 6.07) is 8.51. The van der Waals surface area contributed by atoms with Gasteiger partial charge in [-0.3, -0.25) is 9.59 Å². The van der Waals surface area contributed by atoms with Crippen molar-refractivity contribution >= 4 is 34.8 Å². The maximum Gasteiger partial charge on any atom is 0.229 e. The van der Waals surface area contributed by atoms with Gasteiger partial charge < -0.3 is 10.2 Å². The molecule has 0 aromatic heterocycles. The van der Waals surface area contributed by atoms with Crippen LogP contribution < -0.4 is 10.2 Å². The number of amides is 2. The zero-order valence-corrected chi connectivity index (χ0v) is 14.1. The molecule has 1 fully saturated rings. The molecule has 25 heavy (non-hydrogen) atoms. The molecule has 1 N–H and O–H groups in total. The summed E-state index contributed by atoms with van der Waals surface area (Å²) in [4.78, 5) is 26.1. The van der Waals surface area contributed by atoms with Gasteiger partial charge in [0.15, 0.2) is 0 Å². The average Bonchev–Trinajstić information content (AvgIpc) is 2.95. The molecule has 1 atom stereocenters. The number of carbonyl (C=O) groups excluding carboxylic acids is 2. The largest absolute Gasteiger partial charge is 0.321 e. The molecule has 4 nitrogen and oxygen atoms in total. The van der Waals surface area contributed by atoms with Gasteiger partial charge in [-0.2, -0.15) is 0 Å². The summed E-state index contributed by atoms with van der Waals surface area (Å²) in [6.45, 7) is 1.91. The molecule has 1 saturated heterocycles. The van der Waals surface area contributed by atoms with Gasteiger partial charge in [-0.25, -0.2) is 8.78 Å². The van der Waals surface area contributed by atoms with Crippen LogP contribution in [0.4, 0.5) is 20.2 Å². The van der Waals surface area contributed by atoms with Crippen LogP contribution in [0.2, 0.25) is 5.02 Å². The maximum absolute atomic E-state index is 13.7. The third-order valence-corrected chi connectivity index (χ3v) is 4.65. The molecule has 7 heteroatoms. The van der Waals surface area contributed by atoms with E-state index in [1.807, 2.05) is 0 Å². The quantitative estimate of drug-likeness (QED) is 0.897. The van der Waals surface area contributed by atoms with Crippen LogP contribution in [0.25, 0.3) is 0 Å². The topological polar surface area (TPSA) is 49.4 Å². The van der Waals surface area contributed by atoms with Gasteiger partial charge in [-0.1, -0.05) is 23.7 Å². The van der Waals surface area contributed by atoms with E-state index in [4.69, 9.17) is 11.6 Å². The van der Waals surface area contributed by atoms with Crippen molar-refractivity contribution in [3.8, 4) is 0 Å². The normalized spacial score (nSPS) is 17.0. The van der Waals surface area contributed by atoms with Crippen molar-refractivity contribution in [1.29, 1.82) is 0 Å². The molecule has 3 rings (SSSR count). The van der Waals surface area contributed by atoms with Gasteiger partial charge in [0.25, 0.3) is 0 Å². The van der Waals surface area contributed by atoms with Crippen molar-refractivity contribution in [3.05, 3.63) is 58.6 Å². The van der Waals surface area contributed by atoms with Crippen LogP contribution in [0.3, 0.4) is 0 Å². The van der Waals surface area contributed by atoms with E-state index < -0.39 is 29.1 Å². The molecule has 0 radical (unpaired) electrons. The number of nitrogens with zero attached hydrogens (tertiary/aromatic N) is 1. The highest BCUT2D eigenvalue weighted by atomic mass is 35.5. The molecule has 1 aliphatic heterocycles. The molecule has 2 amide bonds. The predicted octanol–water partition coefficient (Wildman–Crippen LogP) is 3.92. The van der Waals surface area contributed by atoms with Crippen LogP contribution in [0.5, 0.6) is 0 Å². The zero-order valence-electron chi connectivity index (χ0n) is 13.4. The zero-order chi connectivity index (χ0) is 18.1. The molecular weight excluding hydrogens is 350 g/mol. The van der Waals surface area contributed by atoms with Crippen LogP contribution in [-0.4, -0.2) is 18.4 Å². The average molecular weight is 365 g/mol. The fourth-order valence-corrected chi connectivity index (χ4v) is 3.02. The molecule has 0 aliphatic carbocycles. The molecule has 0 bridgehead atoms. The van der Waals surface area contributed by atoms with Crippen molar-refractivity contribution in [2.75, 3.05) is 16.8 Å². The van der Waals surface area contributed by atoms with E-state index in [0.717, 1.165) is 17.7 Å². The molecule has 2 aromatic carbocycles. The maximum atomic E-state index is 13.7. The van der Waals surface area contributed by atoms with Crippen molar-refractivity contribution in [3.63, 3.8) is 0 Å². The van der Waals surface area contributed by atoms with Gasteiger partial charge in [0.05, 0.1) is 5.92 Å². The molecule has 0 saturated carbocycles. The second kappa shape index (κ2) is 6.80. The molecule has 1 unspecified atom stereocenters. The summed E-state index contributed by atoms with van der Waals surface area (Å²) >= 11 is 6.08. The SMILES string of the molecule is Cc1c(Cl)cccc1N1CC(C(=O)Nc2c(F)cccc2F)CC1=O. The van der Waals surface area contributed by atoms with Crippen molar-refractivity contribution in [1.82, 2.24) is 0 Å². The van der Waals surface area contributed by atoms with E-state index >= 15 is 0 Å². The minimum atomic E-state index is -0.861. The van der Waals surface area contributed by atoms with Crippen LogP contribution >= 0.6 is 11.6 Å². The minimum Gasteiger partial charge on any atom is -0.321 e. The Hall–Kier alpha value is -2.47. The highest BCUT2D eigenvalue weighted by molar-refractivity contribution is 6.31. The molecule has 2 aromatic rings. The van der Waals surface area contributed by atoms with E-state index in [1.165, 1.54) is 11.0 Å². The molecule has 130 valence electrons. The number of halogens is 3. The Morgan fingerprint density at radius 2 is 1.84 bits per heavy atom. The summed E-state index contributed by atoms with van der Waals surface area (Å²) < 4.78 is 27.3. The number of nitrogens with one attached hydrogen (secondary N) is 1. The van der Waals surface area contributed by atoms with Crippen molar-refractivity contribution < 1.29 is 18.4 Å².